The number of hydrogen-bond donors (Lipinski definition) is 0. The van der Waals surface area contributed by atoms with Gasteiger partial charge in [0.05, 0.1) is 0 Å². The lowest BCUT2D eigenvalue weighted by Crippen LogP contribution is -2.38. The van der Waals surface area contributed by atoms with Crippen molar-refractivity contribution in [2.75, 3.05) is 13.1 Å². The first-order valence-electron chi connectivity index (χ1n) is 9.64. The molecule has 0 radical (unpaired) electrons. The van der Waals surface area contributed by atoms with Gasteiger partial charge in [0.1, 0.15) is 18.1 Å². The van der Waals surface area contributed by atoms with Gasteiger partial charge in [0.25, 0.3) is 5.91 Å². The maximum absolute atomic E-state index is 12.7. The van der Waals surface area contributed by atoms with Crippen molar-refractivity contribution in [2.24, 2.45) is 7.05 Å². The van der Waals surface area contributed by atoms with Crippen LogP contribution in [0.15, 0.2) is 29.0 Å². The van der Waals surface area contributed by atoms with Crippen LogP contribution in [0.1, 0.15) is 66.4 Å². The fraction of sp³-hybridized carbons (Fsp3) is 0.526. The first-order chi connectivity index (χ1) is 13.5. The minimum atomic E-state index is -0.0635. The van der Waals surface area contributed by atoms with Gasteiger partial charge in [-0.2, -0.15) is 5.10 Å². The molecule has 1 amide bonds. The normalized spacial score (nSPS) is 15.5. The van der Waals surface area contributed by atoms with E-state index < -0.39 is 0 Å². The Morgan fingerprint density at radius 1 is 1.29 bits per heavy atom. The molecule has 9 heteroatoms. The van der Waals surface area contributed by atoms with Crippen molar-refractivity contribution in [1.29, 1.82) is 0 Å². The Kier molecular flexibility index (Phi) is 4.97. The third-order valence-corrected chi connectivity index (χ3v) is 5.33. The molecule has 0 unspecified atom stereocenters. The maximum Gasteiger partial charge on any atom is 0.276 e. The standard InChI is InChI=1S/C19H25N7O2/c1-13(2)16-11-15(23-28-16)19(27)25-9-5-14(6-10-25)18-22-21-17(24(18)3)12-26-8-4-7-20-26/h4,7-8,11,13-14H,5-6,9-10,12H2,1-3H3. The van der Waals surface area contributed by atoms with Crippen molar-refractivity contribution in [3.8, 4) is 0 Å². The van der Waals surface area contributed by atoms with Gasteiger partial charge in [-0.1, -0.05) is 19.0 Å². The SMILES string of the molecule is CC(C)c1cc(C(=O)N2CCC(c3nnc(Cn4cccn4)n3C)CC2)no1. The first-order valence-corrected chi connectivity index (χ1v) is 9.64. The summed E-state index contributed by atoms with van der Waals surface area (Å²) < 4.78 is 9.15. The second kappa shape index (κ2) is 7.57. The predicted octanol–water partition coefficient (Wildman–Crippen LogP) is 2.19. The zero-order chi connectivity index (χ0) is 19.7. The number of amides is 1. The molecule has 3 aromatic rings. The zero-order valence-corrected chi connectivity index (χ0v) is 16.4. The summed E-state index contributed by atoms with van der Waals surface area (Å²) in [5, 5.41) is 16.9. The average molecular weight is 383 g/mol. The van der Waals surface area contributed by atoms with E-state index in [-0.39, 0.29) is 17.7 Å². The highest BCUT2D eigenvalue weighted by Crippen LogP contribution is 2.28. The van der Waals surface area contributed by atoms with E-state index in [1.54, 1.807) is 12.3 Å². The van der Waals surface area contributed by atoms with E-state index in [9.17, 15) is 4.79 Å². The molecule has 0 saturated carbocycles. The van der Waals surface area contributed by atoms with Gasteiger partial charge in [-0.25, -0.2) is 0 Å². The van der Waals surface area contributed by atoms with E-state index in [4.69, 9.17) is 4.52 Å². The highest BCUT2D eigenvalue weighted by atomic mass is 16.5. The molecule has 1 fully saturated rings. The zero-order valence-electron chi connectivity index (χ0n) is 16.4. The molecule has 0 bridgehead atoms. The van der Waals surface area contributed by atoms with Crippen molar-refractivity contribution < 1.29 is 9.32 Å². The van der Waals surface area contributed by atoms with E-state index in [1.165, 1.54) is 0 Å². The van der Waals surface area contributed by atoms with E-state index in [1.807, 2.05) is 42.7 Å². The Balaban J connectivity index is 1.38. The summed E-state index contributed by atoms with van der Waals surface area (Å²) in [7, 11) is 1.99. The monoisotopic (exact) mass is 383 g/mol. The molecular weight excluding hydrogens is 358 g/mol. The van der Waals surface area contributed by atoms with Gasteiger partial charge in [0.2, 0.25) is 0 Å². The molecule has 4 rings (SSSR count). The van der Waals surface area contributed by atoms with E-state index in [0.717, 1.165) is 30.3 Å². The number of hydrogen-bond acceptors (Lipinski definition) is 6. The smallest absolute Gasteiger partial charge is 0.276 e. The first kappa shape index (κ1) is 18.4. The van der Waals surface area contributed by atoms with Crippen LogP contribution in [0.4, 0.5) is 0 Å². The van der Waals surface area contributed by atoms with Crippen molar-refractivity contribution in [3.05, 3.63) is 47.6 Å². The van der Waals surface area contributed by atoms with Gasteiger partial charge in [-0.15, -0.1) is 10.2 Å². The lowest BCUT2D eigenvalue weighted by atomic mass is 9.95. The molecule has 0 atom stereocenters. The molecule has 1 aliphatic heterocycles. The number of rotatable bonds is 5. The number of piperidine rings is 1. The van der Waals surface area contributed by atoms with Crippen LogP contribution in [0.25, 0.3) is 0 Å². The van der Waals surface area contributed by atoms with E-state index >= 15 is 0 Å². The number of nitrogens with zero attached hydrogens (tertiary/aromatic N) is 7. The van der Waals surface area contributed by atoms with Gasteiger partial charge in [-0.3, -0.25) is 9.48 Å². The lowest BCUT2D eigenvalue weighted by molar-refractivity contribution is 0.0700. The third-order valence-electron chi connectivity index (χ3n) is 5.33. The van der Waals surface area contributed by atoms with Crippen LogP contribution in [-0.4, -0.2) is 53.6 Å². The number of carbonyl (C=O) groups excluding carboxylic acids is 1. The molecule has 1 aliphatic rings. The molecule has 0 N–H and O–H groups in total. The highest BCUT2D eigenvalue weighted by molar-refractivity contribution is 5.92. The fourth-order valence-corrected chi connectivity index (χ4v) is 3.57. The molecule has 9 nitrogen and oxygen atoms in total. The Morgan fingerprint density at radius 3 is 2.71 bits per heavy atom. The van der Waals surface area contributed by atoms with Crippen molar-refractivity contribution in [3.63, 3.8) is 0 Å². The summed E-state index contributed by atoms with van der Waals surface area (Å²) in [5.41, 5.74) is 0.391. The van der Waals surface area contributed by atoms with Crippen LogP contribution in [0.5, 0.6) is 0 Å². The van der Waals surface area contributed by atoms with Crippen LogP contribution in [0.3, 0.4) is 0 Å². The molecule has 28 heavy (non-hydrogen) atoms. The van der Waals surface area contributed by atoms with Crippen LogP contribution >= 0.6 is 0 Å². The Labute approximate surface area is 163 Å². The van der Waals surface area contributed by atoms with Gasteiger partial charge < -0.3 is 14.0 Å². The van der Waals surface area contributed by atoms with Crippen LogP contribution in [0, 0.1) is 0 Å². The predicted molar refractivity (Wildman–Crippen MR) is 101 cm³/mol. The summed E-state index contributed by atoms with van der Waals surface area (Å²) in [6, 6.07) is 3.65. The van der Waals surface area contributed by atoms with Gasteiger partial charge in [0.15, 0.2) is 11.5 Å². The van der Waals surface area contributed by atoms with Gasteiger partial charge >= 0.3 is 0 Å². The molecule has 148 valence electrons. The van der Waals surface area contributed by atoms with Crippen molar-refractivity contribution in [1.82, 2.24) is 34.6 Å². The maximum atomic E-state index is 12.7. The molecule has 1 saturated heterocycles. The summed E-state index contributed by atoms with van der Waals surface area (Å²) >= 11 is 0. The van der Waals surface area contributed by atoms with Crippen LogP contribution < -0.4 is 0 Å². The second-order valence-corrected chi connectivity index (χ2v) is 7.57. The third kappa shape index (κ3) is 3.56. The molecule has 0 spiro atoms. The number of carbonyl (C=O) groups is 1. The lowest BCUT2D eigenvalue weighted by Gasteiger charge is -2.30. The largest absolute Gasteiger partial charge is 0.360 e. The molecular formula is C19H25N7O2. The summed E-state index contributed by atoms with van der Waals surface area (Å²) in [5.74, 6) is 3.02. The van der Waals surface area contributed by atoms with Crippen molar-refractivity contribution >= 4 is 5.91 Å². The Hall–Kier alpha value is -2.97. The summed E-state index contributed by atoms with van der Waals surface area (Å²) in [4.78, 5) is 14.5. The topological polar surface area (TPSA) is 94.9 Å². The molecule has 4 heterocycles. The number of aromatic nitrogens is 6. The van der Waals surface area contributed by atoms with Crippen LogP contribution in [0.2, 0.25) is 0 Å². The van der Waals surface area contributed by atoms with Gasteiger partial charge in [0, 0.05) is 50.4 Å². The molecule has 3 aromatic heterocycles. The quantitative estimate of drug-likeness (QED) is 0.670. The summed E-state index contributed by atoms with van der Waals surface area (Å²) in [6.45, 7) is 5.98. The van der Waals surface area contributed by atoms with E-state index in [0.29, 0.717) is 25.3 Å². The van der Waals surface area contributed by atoms with Crippen molar-refractivity contribution in [2.45, 2.75) is 45.1 Å². The number of likely N-dealkylation sites (tertiary alicyclic amines) is 1. The second-order valence-electron chi connectivity index (χ2n) is 7.57. The fourth-order valence-electron chi connectivity index (χ4n) is 3.57. The minimum absolute atomic E-state index is 0.0635. The van der Waals surface area contributed by atoms with Gasteiger partial charge in [-0.05, 0) is 18.9 Å². The van der Waals surface area contributed by atoms with E-state index in [2.05, 4.69) is 25.0 Å². The highest BCUT2D eigenvalue weighted by Gasteiger charge is 2.29. The Bertz CT molecular complexity index is 934. The average Bonchev–Trinajstić information content (AvgIpc) is 3.44. The molecule has 0 aliphatic carbocycles. The Morgan fingerprint density at radius 2 is 2.07 bits per heavy atom. The minimum Gasteiger partial charge on any atom is -0.360 e. The molecule has 0 aromatic carbocycles. The summed E-state index contributed by atoms with van der Waals surface area (Å²) in [6.07, 6.45) is 5.37. The van der Waals surface area contributed by atoms with Crippen LogP contribution in [-0.2, 0) is 13.6 Å².